The first-order valence-electron chi connectivity index (χ1n) is 12.1. The summed E-state index contributed by atoms with van der Waals surface area (Å²) in [7, 11) is 1.41. The Morgan fingerprint density at radius 1 is 1.27 bits per heavy atom. The largest absolute Gasteiger partial charge is 0.478 e. The van der Waals surface area contributed by atoms with Gasteiger partial charge in [-0.1, -0.05) is 49.7 Å². The van der Waals surface area contributed by atoms with Crippen LogP contribution < -0.4 is 10.1 Å². The maximum absolute atomic E-state index is 13.7. The first-order valence-corrected chi connectivity index (χ1v) is 13.4. The molecule has 0 aliphatic carbocycles. The number of carbonyl (C=O) groups excluding carboxylic acids is 2. The van der Waals surface area contributed by atoms with Crippen LogP contribution in [0.1, 0.15) is 56.2 Å². The monoisotopic (exact) mass is 546 g/mol. The topological polar surface area (TPSA) is 118 Å². The Balaban J connectivity index is 1.50. The summed E-state index contributed by atoms with van der Waals surface area (Å²) in [5.41, 5.74) is 4.80. The third-order valence-corrected chi connectivity index (χ3v) is 8.01. The van der Waals surface area contributed by atoms with Crippen molar-refractivity contribution in [2.45, 2.75) is 58.2 Å². The number of hydrogen-bond acceptors (Lipinski definition) is 8. The zero-order chi connectivity index (χ0) is 26.9. The normalized spacial score (nSPS) is 19.2. The lowest BCUT2D eigenvalue weighted by molar-refractivity contribution is -0.141. The molecule has 0 saturated carbocycles. The molecule has 1 aliphatic rings. The van der Waals surface area contributed by atoms with Crippen LogP contribution in [-0.2, 0) is 9.59 Å². The molecular formula is C26H31ClN4O5S. The van der Waals surface area contributed by atoms with Gasteiger partial charge in [0, 0.05) is 13.0 Å². The summed E-state index contributed by atoms with van der Waals surface area (Å²) >= 11 is 7.93. The third-order valence-electron chi connectivity index (χ3n) is 6.68. The van der Waals surface area contributed by atoms with Gasteiger partial charge in [-0.2, -0.15) is 0 Å². The molecule has 198 valence electrons. The van der Waals surface area contributed by atoms with E-state index >= 15 is 0 Å². The number of carbonyl (C=O) groups is 2. The predicted molar refractivity (Wildman–Crippen MR) is 141 cm³/mol. The number of aliphatic hydroxyl groups excluding tert-OH is 1. The van der Waals surface area contributed by atoms with Crippen molar-refractivity contribution < 1.29 is 24.0 Å². The maximum Gasteiger partial charge on any atom is 0.273 e. The van der Waals surface area contributed by atoms with Crippen LogP contribution in [0.25, 0.3) is 10.4 Å². The highest BCUT2D eigenvalue weighted by Crippen LogP contribution is 2.38. The fourth-order valence-corrected chi connectivity index (χ4v) is 5.75. The van der Waals surface area contributed by atoms with Crippen molar-refractivity contribution in [1.29, 1.82) is 0 Å². The van der Waals surface area contributed by atoms with Crippen LogP contribution in [0.4, 0.5) is 0 Å². The van der Waals surface area contributed by atoms with Crippen LogP contribution in [0.15, 0.2) is 34.3 Å². The Morgan fingerprint density at radius 2 is 1.97 bits per heavy atom. The summed E-state index contributed by atoms with van der Waals surface area (Å²) in [6.07, 6.45) is -0.670. The number of aliphatic hydroxyl groups is 1. The molecule has 0 radical (unpaired) electrons. The predicted octanol–water partition coefficient (Wildman–Crippen LogP) is 4.35. The van der Waals surface area contributed by atoms with Gasteiger partial charge in [0.05, 0.1) is 35.3 Å². The second-order valence-corrected chi connectivity index (χ2v) is 10.8. The number of aryl methyl sites for hydroxylation is 1. The summed E-state index contributed by atoms with van der Waals surface area (Å²) in [4.78, 5) is 33.8. The average Bonchev–Trinajstić information content (AvgIpc) is 3.57. The number of rotatable bonds is 8. The number of nitrogens with zero attached hydrogens (tertiary/aromatic N) is 3. The quantitative estimate of drug-likeness (QED) is 0.431. The minimum atomic E-state index is -0.825. The summed E-state index contributed by atoms with van der Waals surface area (Å²) in [6.45, 7) is 7.62. The summed E-state index contributed by atoms with van der Waals surface area (Å²) < 4.78 is 10.4. The summed E-state index contributed by atoms with van der Waals surface area (Å²) in [5, 5.41) is 17.3. The van der Waals surface area contributed by atoms with Gasteiger partial charge in [-0.15, -0.1) is 11.3 Å². The second kappa shape index (κ2) is 11.2. The molecule has 1 fully saturated rings. The molecule has 1 saturated heterocycles. The Labute approximate surface area is 224 Å². The first-order chi connectivity index (χ1) is 17.6. The molecule has 2 amide bonds. The summed E-state index contributed by atoms with van der Waals surface area (Å²) in [6, 6.07) is 6.84. The molecule has 3 heterocycles. The van der Waals surface area contributed by atoms with E-state index in [0.717, 1.165) is 21.7 Å². The van der Waals surface area contributed by atoms with Gasteiger partial charge >= 0.3 is 0 Å². The average molecular weight is 547 g/mol. The number of β-amino-alcohol motifs (C(OH)–C–C–N with tert-alkyl or cyclic N) is 1. The molecule has 9 nitrogen and oxygen atoms in total. The molecule has 11 heteroatoms. The van der Waals surface area contributed by atoms with Gasteiger partial charge in [0.25, 0.3) is 5.88 Å². The van der Waals surface area contributed by atoms with E-state index in [-0.39, 0.29) is 53.4 Å². The molecule has 4 rings (SSSR count). The lowest BCUT2D eigenvalue weighted by Crippen LogP contribution is -2.48. The molecule has 2 N–H and O–H groups in total. The van der Waals surface area contributed by atoms with Gasteiger partial charge in [-0.05, 0) is 36.0 Å². The molecule has 0 spiro atoms. The van der Waals surface area contributed by atoms with Gasteiger partial charge in [0.15, 0.2) is 5.76 Å². The lowest BCUT2D eigenvalue weighted by atomic mass is 9.91. The minimum Gasteiger partial charge on any atom is -0.478 e. The van der Waals surface area contributed by atoms with Gasteiger partial charge < -0.3 is 24.6 Å². The second-order valence-electron chi connectivity index (χ2n) is 9.61. The molecule has 1 aliphatic heterocycles. The molecular weight excluding hydrogens is 516 g/mol. The van der Waals surface area contributed by atoms with E-state index in [1.54, 1.807) is 11.3 Å². The lowest BCUT2D eigenvalue weighted by Gasteiger charge is -2.29. The molecule has 3 aromatic rings. The third kappa shape index (κ3) is 5.51. The van der Waals surface area contributed by atoms with Crippen molar-refractivity contribution in [2.24, 2.45) is 5.92 Å². The van der Waals surface area contributed by atoms with E-state index in [1.807, 2.05) is 57.5 Å². The fraction of sp³-hybridized carbons (Fsp3) is 0.462. The Morgan fingerprint density at radius 3 is 2.54 bits per heavy atom. The van der Waals surface area contributed by atoms with Crippen molar-refractivity contribution >= 4 is 34.8 Å². The van der Waals surface area contributed by atoms with E-state index in [1.165, 1.54) is 12.0 Å². The van der Waals surface area contributed by atoms with E-state index in [0.29, 0.717) is 0 Å². The van der Waals surface area contributed by atoms with Crippen molar-refractivity contribution in [3.8, 4) is 16.3 Å². The number of methoxy groups -OCH3 is 1. The first kappa shape index (κ1) is 27.1. The van der Waals surface area contributed by atoms with Gasteiger partial charge in [-0.3, -0.25) is 9.59 Å². The summed E-state index contributed by atoms with van der Waals surface area (Å²) in [5.74, 6) is -1.40. The van der Waals surface area contributed by atoms with E-state index in [9.17, 15) is 14.7 Å². The highest BCUT2D eigenvalue weighted by molar-refractivity contribution is 7.13. The molecule has 2 aromatic heterocycles. The Bertz CT molecular complexity index is 1260. The smallest absolute Gasteiger partial charge is 0.273 e. The number of ether oxygens (including phenoxy) is 1. The Hall–Kier alpha value is -2.95. The SMILES string of the molecule is COc1noc(C(C(=O)N2C[C@H](O)C[C@H]2C(=O)NC(C)c2ccc(-c3scnc3C)cc2)C(C)C)c1Cl. The van der Waals surface area contributed by atoms with Gasteiger partial charge in [0.1, 0.15) is 17.0 Å². The van der Waals surface area contributed by atoms with E-state index in [2.05, 4.69) is 15.5 Å². The maximum atomic E-state index is 13.7. The van der Waals surface area contributed by atoms with Crippen molar-refractivity contribution in [3.05, 3.63) is 51.8 Å². The molecule has 37 heavy (non-hydrogen) atoms. The fourth-order valence-electron chi connectivity index (χ4n) is 4.68. The van der Waals surface area contributed by atoms with E-state index < -0.39 is 18.1 Å². The highest BCUT2D eigenvalue weighted by Gasteiger charge is 2.44. The van der Waals surface area contributed by atoms with Crippen LogP contribution in [0, 0.1) is 12.8 Å². The zero-order valence-electron chi connectivity index (χ0n) is 21.4. The van der Waals surface area contributed by atoms with Crippen LogP contribution in [0.2, 0.25) is 5.02 Å². The number of amides is 2. The molecule has 1 aromatic carbocycles. The number of nitrogens with one attached hydrogen (secondary N) is 1. The number of likely N-dealkylation sites (tertiary alicyclic amines) is 1. The number of hydrogen-bond donors (Lipinski definition) is 2. The number of benzene rings is 1. The zero-order valence-corrected chi connectivity index (χ0v) is 23.0. The van der Waals surface area contributed by atoms with Crippen LogP contribution in [0.5, 0.6) is 5.88 Å². The van der Waals surface area contributed by atoms with Gasteiger partial charge in [0.2, 0.25) is 11.8 Å². The molecule has 0 bridgehead atoms. The van der Waals surface area contributed by atoms with Crippen molar-refractivity contribution in [3.63, 3.8) is 0 Å². The van der Waals surface area contributed by atoms with Crippen LogP contribution in [0.3, 0.4) is 0 Å². The number of thiazole rings is 1. The van der Waals surface area contributed by atoms with Crippen molar-refractivity contribution in [1.82, 2.24) is 20.4 Å². The van der Waals surface area contributed by atoms with Crippen molar-refractivity contribution in [2.75, 3.05) is 13.7 Å². The standard InChI is InChI=1S/C26H31ClN4O5S/c1-13(2)20(22-21(27)25(35-5)30-36-22)26(34)31-11-18(32)10-19(31)24(33)29-14(3)16-6-8-17(9-7-16)23-15(4)28-12-37-23/h6-9,12-14,18-20,32H,10-11H2,1-5H3,(H,29,33)/t14?,18-,19+,20?/m1/s1. The van der Waals surface area contributed by atoms with E-state index in [4.69, 9.17) is 20.9 Å². The minimum absolute atomic E-state index is 0.0420. The number of aromatic nitrogens is 2. The van der Waals surface area contributed by atoms with Crippen LogP contribution >= 0.6 is 22.9 Å². The van der Waals surface area contributed by atoms with Crippen LogP contribution in [-0.4, -0.2) is 57.8 Å². The Kier molecular flexibility index (Phi) is 8.20. The number of halogens is 1. The highest BCUT2D eigenvalue weighted by atomic mass is 35.5. The molecule has 4 atom stereocenters. The molecule has 2 unspecified atom stereocenters. The van der Waals surface area contributed by atoms with Gasteiger partial charge in [-0.25, -0.2) is 4.98 Å².